The number of benzene rings is 1. The molecule has 0 bridgehead atoms. The number of carbonyl (C=O) groups excluding carboxylic acids is 1. The van der Waals surface area contributed by atoms with Crippen molar-refractivity contribution in [3.05, 3.63) is 35.0 Å². The third-order valence-corrected chi connectivity index (χ3v) is 5.02. The molecule has 0 saturated carbocycles. The predicted octanol–water partition coefficient (Wildman–Crippen LogP) is 3.99. The van der Waals surface area contributed by atoms with Crippen LogP contribution in [-0.4, -0.2) is 58.6 Å². The molecule has 1 aliphatic rings. The molecule has 0 fully saturated rings. The van der Waals surface area contributed by atoms with Gasteiger partial charge in [0.15, 0.2) is 12.8 Å². The van der Waals surface area contributed by atoms with E-state index in [4.69, 9.17) is 39.5 Å². The molecule has 0 saturated heterocycles. The van der Waals surface area contributed by atoms with Crippen molar-refractivity contribution in [2.24, 2.45) is 0 Å². The number of amides is 1. The maximum absolute atomic E-state index is 12.3. The number of fused-ring (bicyclic) bond motifs is 1. The number of carbonyl (C=O) groups is 1. The van der Waals surface area contributed by atoms with Crippen LogP contribution in [0.4, 0.5) is 10.5 Å². The SMILES string of the molecule is CSC[C@@H](/C=[N+](\[O-])CCC1CNc2ccccc21)NC(=O)OCC(Cl)(Cl)Cl. The number of rotatable bonds is 8. The molecule has 1 unspecified atom stereocenters. The Morgan fingerprint density at radius 2 is 2.26 bits per heavy atom. The van der Waals surface area contributed by atoms with Gasteiger partial charge in [0.2, 0.25) is 3.79 Å². The Hall–Kier alpha value is -1.02. The van der Waals surface area contributed by atoms with Gasteiger partial charge in [-0.3, -0.25) is 0 Å². The number of ether oxygens (including phenoxy) is 1. The second-order valence-electron chi connectivity index (χ2n) is 6.14. The fourth-order valence-electron chi connectivity index (χ4n) is 2.81. The largest absolute Gasteiger partial charge is 0.624 e. The summed E-state index contributed by atoms with van der Waals surface area (Å²) in [6, 6.07) is 7.63. The van der Waals surface area contributed by atoms with E-state index in [9.17, 15) is 10.0 Å². The molecule has 1 aliphatic heterocycles. The molecule has 1 heterocycles. The number of hydroxylamine groups is 1. The fraction of sp³-hybridized carbons (Fsp3) is 0.529. The third kappa shape index (κ3) is 7.86. The number of para-hydroxylation sites is 1. The van der Waals surface area contributed by atoms with Gasteiger partial charge in [0, 0.05) is 30.3 Å². The Morgan fingerprint density at radius 3 is 2.96 bits per heavy atom. The molecule has 27 heavy (non-hydrogen) atoms. The third-order valence-electron chi connectivity index (χ3n) is 4.00. The molecule has 2 N–H and O–H groups in total. The zero-order valence-corrected chi connectivity index (χ0v) is 17.9. The molecular weight excluding hydrogens is 433 g/mol. The van der Waals surface area contributed by atoms with Gasteiger partial charge in [-0.15, -0.1) is 0 Å². The van der Waals surface area contributed by atoms with Crippen LogP contribution in [0.1, 0.15) is 17.9 Å². The molecule has 2 atom stereocenters. The van der Waals surface area contributed by atoms with E-state index in [2.05, 4.69) is 16.7 Å². The van der Waals surface area contributed by atoms with Gasteiger partial charge < -0.3 is 20.6 Å². The van der Waals surface area contributed by atoms with Gasteiger partial charge >= 0.3 is 6.09 Å². The summed E-state index contributed by atoms with van der Waals surface area (Å²) in [4.78, 5) is 11.8. The van der Waals surface area contributed by atoms with Crippen LogP contribution in [0, 0.1) is 5.21 Å². The Balaban J connectivity index is 1.86. The summed E-state index contributed by atoms with van der Waals surface area (Å²) < 4.78 is 4.03. The van der Waals surface area contributed by atoms with Gasteiger partial charge in [-0.05, 0) is 17.9 Å². The van der Waals surface area contributed by atoms with Gasteiger partial charge in [-0.2, -0.15) is 11.8 Å². The number of nitrogens with one attached hydrogen (secondary N) is 2. The second kappa shape index (κ2) is 10.5. The number of thioether (sulfide) groups is 1. The van der Waals surface area contributed by atoms with Crippen molar-refractivity contribution >= 4 is 64.6 Å². The number of hydrogen-bond acceptors (Lipinski definition) is 5. The average Bonchev–Trinajstić information content (AvgIpc) is 3.01. The summed E-state index contributed by atoms with van der Waals surface area (Å²) >= 11 is 18.1. The zero-order valence-electron chi connectivity index (χ0n) is 14.8. The first-order valence-corrected chi connectivity index (χ1v) is 10.9. The monoisotopic (exact) mass is 453 g/mol. The normalized spacial score (nSPS) is 17.8. The minimum Gasteiger partial charge on any atom is -0.624 e. The minimum atomic E-state index is -1.67. The first-order chi connectivity index (χ1) is 12.8. The molecule has 0 aromatic heterocycles. The summed E-state index contributed by atoms with van der Waals surface area (Å²) in [5, 5.41) is 18.2. The summed E-state index contributed by atoms with van der Waals surface area (Å²) in [5.74, 6) is 0.822. The van der Waals surface area contributed by atoms with Crippen LogP contribution in [0.25, 0.3) is 0 Å². The van der Waals surface area contributed by atoms with Crippen LogP contribution < -0.4 is 10.6 Å². The Kier molecular flexibility index (Phi) is 8.66. The van der Waals surface area contributed by atoms with Gasteiger partial charge in [0.25, 0.3) is 0 Å². The lowest BCUT2D eigenvalue weighted by molar-refractivity contribution is -0.455. The second-order valence-corrected chi connectivity index (χ2v) is 9.57. The van der Waals surface area contributed by atoms with E-state index in [0.717, 1.165) is 17.0 Å². The lowest BCUT2D eigenvalue weighted by atomic mass is 9.98. The summed E-state index contributed by atoms with van der Waals surface area (Å²) in [7, 11) is 0. The number of hydrogen-bond donors (Lipinski definition) is 2. The van der Waals surface area contributed by atoms with Crippen LogP contribution >= 0.6 is 46.6 Å². The molecule has 2 rings (SSSR count). The predicted molar refractivity (Wildman–Crippen MR) is 114 cm³/mol. The van der Waals surface area contributed by atoms with E-state index in [1.54, 1.807) is 0 Å². The highest BCUT2D eigenvalue weighted by atomic mass is 35.6. The molecule has 1 amide bonds. The highest BCUT2D eigenvalue weighted by Gasteiger charge is 2.24. The van der Waals surface area contributed by atoms with Gasteiger partial charge in [0.1, 0.15) is 12.6 Å². The standard InChI is InChI=1S/C17H22Cl3N3O3S/c1-27-10-13(22-16(24)26-11-17(18,19)20)9-23(25)7-6-12-8-21-15-5-3-2-4-14(12)15/h2-5,9,12-13,21H,6-8,10-11H2,1H3,(H,22,24)/b23-9-/t12?,13-/m1/s1. The molecule has 0 radical (unpaired) electrons. The van der Waals surface area contributed by atoms with Crippen molar-refractivity contribution in [3.8, 4) is 0 Å². The van der Waals surface area contributed by atoms with Crippen LogP contribution in [0.3, 0.4) is 0 Å². The quantitative estimate of drug-likeness (QED) is 0.204. The van der Waals surface area contributed by atoms with Crippen molar-refractivity contribution in [1.82, 2.24) is 5.32 Å². The van der Waals surface area contributed by atoms with E-state index in [1.165, 1.54) is 23.5 Å². The Labute approximate surface area is 178 Å². The molecule has 0 aliphatic carbocycles. The van der Waals surface area contributed by atoms with E-state index in [0.29, 0.717) is 24.6 Å². The maximum atomic E-state index is 12.3. The maximum Gasteiger partial charge on any atom is 0.407 e. The highest BCUT2D eigenvalue weighted by Crippen LogP contribution is 2.32. The van der Waals surface area contributed by atoms with Crippen molar-refractivity contribution in [3.63, 3.8) is 0 Å². The smallest absolute Gasteiger partial charge is 0.407 e. The Morgan fingerprint density at radius 1 is 1.52 bits per heavy atom. The number of anilines is 1. The zero-order chi connectivity index (χ0) is 19.9. The topological polar surface area (TPSA) is 76.4 Å². The van der Waals surface area contributed by atoms with Crippen molar-refractivity contribution in [2.45, 2.75) is 22.2 Å². The lowest BCUT2D eigenvalue weighted by Gasteiger charge is -2.16. The van der Waals surface area contributed by atoms with Crippen molar-refractivity contribution < 1.29 is 14.3 Å². The van der Waals surface area contributed by atoms with Crippen LogP contribution in [0.5, 0.6) is 0 Å². The highest BCUT2D eigenvalue weighted by molar-refractivity contribution is 7.98. The molecule has 0 spiro atoms. The first kappa shape index (κ1) is 22.3. The fourth-order valence-corrected chi connectivity index (χ4v) is 3.51. The Bertz CT molecular complexity index is 670. The van der Waals surface area contributed by atoms with Crippen LogP contribution in [0.15, 0.2) is 24.3 Å². The molecule has 1 aromatic carbocycles. The average molecular weight is 455 g/mol. The molecule has 6 nitrogen and oxygen atoms in total. The molecule has 10 heteroatoms. The van der Waals surface area contributed by atoms with E-state index < -0.39 is 15.9 Å². The summed E-state index contributed by atoms with van der Waals surface area (Å²) in [6.45, 7) is 0.782. The number of alkyl halides is 3. The van der Waals surface area contributed by atoms with Crippen molar-refractivity contribution in [1.29, 1.82) is 0 Å². The summed E-state index contributed by atoms with van der Waals surface area (Å²) in [5.41, 5.74) is 2.36. The van der Waals surface area contributed by atoms with Crippen molar-refractivity contribution in [2.75, 3.05) is 37.0 Å². The van der Waals surface area contributed by atoms with E-state index >= 15 is 0 Å². The number of nitrogens with zero attached hydrogens (tertiary/aromatic N) is 1. The number of halogens is 3. The molecule has 150 valence electrons. The molecule has 1 aromatic rings. The number of alkyl carbamates (subject to hydrolysis) is 1. The lowest BCUT2D eigenvalue weighted by Crippen LogP contribution is -2.41. The van der Waals surface area contributed by atoms with Crippen LogP contribution in [-0.2, 0) is 4.74 Å². The first-order valence-electron chi connectivity index (χ1n) is 8.39. The van der Waals surface area contributed by atoms with E-state index in [-0.39, 0.29) is 6.61 Å². The van der Waals surface area contributed by atoms with Gasteiger partial charge in [-0.25, -0.2) is 9.53 Å². The minimum absolute atomic E-state index is 0.298. The van der Waals surface area contributed by atoms with E-state index in [1.807, 2.05) is 24.5 Å². The van der Waals surface area contributed by atoms with Gasteiger partial charge in [0.05, 0.1) is 0 Å². The molecular formula is C17H22Cl3N3O3S. The summed E-state index contributed by atoms with van der Waals surface area (Å²) in [6.07, 6.45) is 3.31. The van der Waals surface area contributed by atoms with Crippen LogP contribution in [0.2, 0.25) is 0 Å². The van der Waals surface area contributed by atoms with Gasteiger partial charge in [-0.1, -0.05) is 53.0 Å².